The number of halogens is 3. The van der Waals surface area contributed by atoms with Crippen LogP contribution in [-0.4, -0.2) is 35.3 Å². The molecule has 38 heavy (non-hydrogen) atoms. The summed E-state index contributed by atoms with van der Waals surface area (Å²) in [5.41, 5.74) is 1.81. The maximum atomic E-state index is 13.5. The molecule has 0 radical (unpaired) electrons. The third kappa shape index (κ3) is 14.1. The highest BCUT2D eigenvalue weighted by Gasteiger charge is 2.37. The lowest BCUT2D eigenvalue weighted by atomic mass is 10.1. The fraction of sp³-hybridized carbons (Fsp3) is 0.379. The summed E-state index contributed by atoms with van der Waals surface area (Å²) in [5, 5.41) is 11.4. The molecule has 0 aliphatic heterocycles. The normalized spacial score (nSPS) is 13.7. The molecule has 0 fully saturated rings. The quantitative estimate of drug-likeness (QED) is 0.127. The fourth-order valence-corrected chi connectivity index (χ4v) is 3.04. The van der Waals surface area contributed by atoms with Gasteiger partial charge in [-0.25, -0.2) is 9.18 Å². The van der Waals surface area contributed by atoms with Crippen molar-refractivity contribution in [1.82, 2.24) is 5.32 Å². The van der Waals surface area contributed by atoms with Crippen LogP contribution in [0.15, 0.2) is 87.9 Å². The molecule has 206 valence electrons. The van der Waals surface area contributed by atoms with Crippen LogP contribution < -0.4 is 5.32 Å². The number of aliphatic carboxylic acids is 1. The first-order valence-corrected chi connectivity index (χ1v) is 12.6. The van der Waals surface area contributed by atoms with Gasteiger partial charge >= 0.3 is 11.9 Å². The van der Waals surface area contributed by atoms with Crippen LogP contribution in [0.2, 0.25) is 0 Å². The molecule has 1 aromatic carbocycles. The van der Waals surface area contributed by atoms with Crippen molar-refractivity contribution in [2.75, 3.05) is 0 Å². The van der Waals surface area contributed by atoms with Crippen LogP contribution in [0.5, 0.6) is 0 Å². The topological polar surface area (TPSA) is 91.1 Å². The zero-order valence-corrected chi connectivity index (χ0v) is 21.9. The molecule has 0 aliphatic carbocycles. The van der Waals surface area contributed by atoms with Gasteiger partial charge in [0.05, 0.1) is 11.4 Å². The van der Waals surface area contributed by atoms with E-state index in [4.69, 9.17) is 5.11 Å². The Hall–Kier alpha value is -3.75. The van der Waals surface area contributed by atoms with Crippen LogP contribution in [0.1, 0.15) is 64.4 Å². The summed E-state index contributed by atoms with van der Waals surface area (Å²) >= 11 is 0. The molecule has 6 nitrogen and oxygen atoms in total. The van der Waals surface area contributed by atoms with E-state index in [1.165, 1.54) is 18.4 Å². The summed E-state index contributed by atoms with van der Waals surface area (Å²) < 4.78 is 40.1. The molecule has 0 saturated heterocycles. The molecule has 0 saturated carbocycles. The van der Waals surface area contributed by atoms with Gasteiger partial charge in [-0.15, -0.1) is 0 Å². The molecule has 0 heterocycles. The van der Waals surface area contributed by atoms with E-state index in [1.54, 1.807) is 24.4 Å². The Kier molecular flexibility index (Phi) is 15.7. The van der Waals surface area contributed by atoms with Gasteiger partial charge in [0.1, 0.15) is 5.83 Å². The molecule has 0 spiro atoms. The predicted octanol–water partition coefficient (Wildman–Crippen LogP) is 7.11. The Morgan fingerprint density at radius 1 is 1.00 bits per heavy atom. The summed E-state index contributed by atoms with van der Waals surface area (Å²) in [6.45, 7) is 4.11. The third-order valence-electron chi connectivity index (χ3n) is 4.99. The number of aliphatic imine (C=N–C) groups is 2. The second kappa shape index (κ2) is 18.5. The standard InChI is InChI=1S/C29H36F3N3O3/c1-3-12-24(30)16-8-10-20-33-25(13-4-2)26(34-21-11-9-19-29(31,32)28(37)38)17-18-27(36)35-22-23-14-6-5-7-15-23/h5-8,12-17,20-21H,3-4,9-11,18-19,22H2,1-2H3,(H,35,36)(H,37,38)/b16-8-,24-12+,25-13+,26-17+,33-20+,34-21+. The molecule has 0 unspecified atom stereocenters. The minimum Gasteiger partial charge on any atom is -0.477 e. The lowest BCUT2D eigenvalue weighted by Gasteiger charge is -2.09. The van der Waals surface area contributed by atoms with Crippen molar-refractivity contribution >= 4 is 24.3 Å². The molecule has 1 aromatic rings. The lowest BCUT2D eigenvalue weighted by molar-refractivity contribution is -0.165. The number of hydrogen-bond acceptors (Lipinski definition) is 4. The van der Waals surface area contributed by atoms with Crippen LogP contribution in [-0.2, 0) is 16.1 Å². The van der Waals surface area contributed by atoms with Gasteiger partial charge in [-0.05, 0) is 49.5 Å². The molecule has 0 aromatic heterocycles. The molecule has 9 heteroatoms. The van der Waals surface area contributed by atoms with E-state index in [1.807, 2.05) is 44.2 Å². The van der Waals surface area contributed by atoms with Crippen LogP contribution >= 0.6 is 0 Å². The van der Waals surface area contributed by atoms with E-state index < -0.39 is 18.3 Å². The van der Waals surface area contributed by atoms with Crippen molar-refractivity contribution in [3.05, 3.63) is 83.5 Å². The molecular formula is C29H36F3N3O3. The maximum absolute atomic E-state index is 13.5. The van der Waals surface area contributed by atoms with Gasteiger partial charge in [-0.1, -0.05) is 56.3 Å². The van der Waals surface area contributed by atoms with E-state index in [0.29, 0.717) is 37.2 Å². The Bertz CT molecular complexity index is 1060. The number of amides is 1. The van der Waals surface area contributed by atoms with Crippen molar-refractivity contribution in [2.24, 2.45) is 9.98 Å². The van der Waals surface area contributed by atoms with Crippen molar-refractivity contribution < 1.29 is 27.9 Å². The summed E-state index contributed by atoms with van der Waals surface area (Å²) in [4.78, 5) is 31.8. The lowest BCUT2D eigenvalue weighted by Crippen LogP contribution is -2.27. The van der Waals surface area contributed by atoms with Crippen LogP contribution in [0.3, 0.4) is 0 Å². The zero-order valence-electron chi connectivity index (χ0n) is 21.9. The van der Waals surface area contributed by atoms with Gasteiger partial charge in [0.25, 0.3) is 0 Å². The van der Waals surface area contributed by atoms with Crippen LogP contribution in [0, 0.1) is 0 Å². The number of carboxylic acid groups (broad SMARTS) is 1. The first-order valence-electron chi connectivity index (χ1n) is 12.6. The van der Waals surface area contributed by atoms with Gasteiger partial charge in [-0.2, -0.15) is 8.78 Å². The van der Waals surface area contributed by atoms with E-state index in [0.717, 1.165) is 5.56 Å². The number of unbranched alkanes of at least 4 members (excludes halogenated alkanes) is 1. The Labute approximate surface area is 222 Å². The second-order valence-corrected chi connectivity index (χ2v) is 8.21. The highest BCUT2D eigenvalue weighted by atomic mass is 19.3. The van der Waals surface area contributed by atoms with Gasteiger partial charge < -0.3 is 10.4 Å². The number of allylic oxidation sites excluding steroid dienone is 5. The summed E-state index contributed by atoms with van der Waals surface area (Å²) in [6.07, 6.45) is 11.7. The van der Waals surface area contributed by atoms with Crippen LogP contribution in [0.4, 0.5) is 13.2 Å². The van der Waals surface area contributed by atoms with E-state index in [-0.39, 0.29) is 31.0 Å². The number of carbonyl (C=O) groups excluding carboxylic acids is 1. The smallest absolute Gasteiger partial charge is 0.374 e. The molecule has 0 atom stereocenters. The molecule has 0 bridgehead atoms. The minimum absolute atomic E-state index is 0.0140. The molecule has 1 amide bonds. The third-order valence-corrected chi connectivity index (χ3v) is 4.99. The monoisotopic (exact) mass is 531 g/mol. The SMILES string of the molecule is CC/C=C(F)\C=C/C/C=N/C(=C/CC)C(=C\CC(=O)NCc1ccccc1)/N=C/CCCC(F)(F)C(=O)O. The van der Waals surface area contributed by atoms with Crippen molar-refractivity contribution in [1.29, 1.82) is 0 Å². The number of hydrogen-bond donors (Lipinski definition) is 2. The number of carboxylic acids is 1. The van der Waals surface area contributed by atoms with Crippen molar-refractivity contribution in [2.45, 2.75) is 71.3 Å². The van der Waals surface area contributed by atoms with Crippen molar-refractivity contribution in [3.63, 3.8) is 0 Å². The Morgan fingerprint density at radius 2 is 1.66 bits per heavy atom. The highest BCUT2D eigenvalue weighted by molar-refractivity contribution is 5.78. The number of alkyl halides is 2. The largest absolute Gasteiger partial charge is 0.477 e. The number of nitrogens with one attached hydrogen (secondary N) is 1. The minimum atomic E-state index is -3.79. The summed E-state index contributed by atoms with van der Waals surface area (Å²) in [7, 11) is 0. The van der Waals surface area contributed by atoms with Crippen molar-refractivity contribution in [3.8, 4) is 0 Å². The van der Waals surface area contributed by atoms with E-state index in [9.17, 15) is 22.8 Å². The van der Waals surface area contributed by atoms with E-state index >= 15 is 0 Å². The van der Waals surface area contributed by atoms with Gasteiger partial charge in [0.2, 0.25) is 5.91 Å². The molecular weight excluding hydrogens is 495 g/mol. The number of benzene rings is 1. The maximum Gasteiger partial charge on any atom is 0.374 e. The second-order valence-electron chi connectivity index (χ2n) is 8.21. The summed E-state index contributed by atoms with van der Waals surface area (Å²) in [6, 6.07) is 9.44. The van der Waals surface area contributed by atoms with Gasteiger partial charge in [0, 0.05) is 38.2 Å². The number of rotatable bonds is 17. The molecule has 0 aliphatic rings. The molecule has 2 N–H and O–H groups in total. The number of nitrogens with zero attached hydrogens (tertiary/aromatic N) is 2. The van der Waals surface area contributed by atoms with Gasteiger partial charge in [0.15, 0.2) is 0 Å². The highest BCUT2D eigenvalue weighted by Crippen LogP contribution is 2.21. The van der Waals surface area contributed by atoms with Crippen LogP contribution in [0.25, 0.3) is 0 Å². The summed E-state index contributed by atoms with van der Waals surface area (Å²) in [5.74, 6) is -6.51. The fourth-order valence-electron chi connectivity index (χ4n) is 3.04. The molecule has 1 rings (SSSR count). The average molecular weight is 532 g/mol. The average Bonchev–Trinajstić information content (AvgIpc) is 2.89. The first kappa shape index (κ1) is 32.3. The number of carbonyl (C=O) groups is 2. The van der Waals surface area contributed by atoms with Gasteiger partial charge in [-0.3, -0.25) is 14.8 Å². The van der Waals surface area contributed by atoms with E-state index in [2.05, 4.69) is 15.3 Å². The first-order chi connectivity index (χ1) is 18.2. The Morgan fingerprint density at radius 3 is 2.32 bits per heavy atom. The predicted molar refractivity (Wildman–Crippen MR) is 146 cm³/mol. The zero-order chi connectivity index (χ0) is 28.2. The Balaban J connectivity index is 2.95.